The first-order valence-electron chi connectivity index (χ1n) is 12.8. The Labute approximate surface area is 210 Å². The molecule has 2 aromatic heterocycles. The van der Waals surface area contributed by atoms with Crippen LogP contribution in [-0.4, -0.2) is 44.7 Å². The van der Waals surface area contributed by atoms with Gasteiger partial charge in [0.25, 0.3) is 0 Å². The van der Waals surface area contributed by atoms with Crippen molar-refractivity contribution in [3.8, 4) is 34.0 Å². The standard InChI is InChI=1S/C28H32FN5O2/c1-27-8-9-28(2,16-27)14-20(13-27)34(19-4-5-19)24-7-6-22(31-32-24)26-21(29)10-17(11-23(26)35)18-12-25(36-3)33-30-15-18/h6-7,10-12,15,19-20,35H,4-5,8-9,13-14,16H2,1-3H3/t20-,27-,28+. The Kier molecular flexibility index (Phi) is 5.39. The van der Waals surface area contributed by atoms with Crippen LogP contribution < -0.4 is 9.64 Å². The molecule has 0 spiro atoms. The number of hydrogen-bond donors (Lipinski definition) is 1. The molecule has 3 aromatic rings. The van der Waals surface area contributed by atoms with Gasteiger partial charge in [-0.15, -0.1) is 15.3 Å². The van der Waals surface area contributed by atoms with Gasteiger partial charge in [-0.25, -0.2) is 4.39 Å². The van der Waals surface area contributed by atoms with Crippen molar-refractivity contribution in [2.24, 2.45) is 10.8 Å². The lowest BCUT2D eigenvalue weighted by Gasteiger charge is -2.45. The first-order chi connectivity index (χ1) is 17.3. The predicted molar refractivity (Wildman–Crippen MR) is 135 cm³/mol. The number of fused-ring (bicyclic) bond motifs is 2. The van der Waals surface area contributed by atoms with Crippen molar-refractivity contribution in [1.29, 1.82) is 0 Å². The fraction of sp³-hybridized carbons (Fsp3) is 0.500. The van der Waals surface area contributed by atoms with Crippen molar-refractivity contribution in [2.75, 3.05) is 12.0 Å². The molecule has 0 aliphatic heterocycles. The van der Waals surface area contributed by atoms with E-state index in [0.29, 0.717) is 45.6 Å². The maximum absolute atomic E-state index is 15.2. The van der Waals surface area contributed by atoms with Crippen molar-refractivity contribution >= 4 is 5.82 Å². The van der Waals surface area contributed by atoms with Gasteiger partial charge in [0.05, 0.1) is 24.6 Å². The Bertz CT molecular complexity index is 1260. The fourth-order valence-corrected chi connectivity index (χ4v) is 6.80. The van der Waals surface area contributed by atoms with Crippen LogP contribution in [0.3, 0.4) is 0 Å². The highest BCUT2D eigenvalue weighted by Gasteiger charge is 2.52. The van der Waals surface area contributed by atoms with Crippen LogP contribution in [0.4, 0.5) is 10.2 Å². The van der Waals surface area contributed by atoms with Gasteiger partial charge in [0.2, 0.25) is 5.88 Å². The highest BCUT2D eigenvalue weighted by molar-refractivity contribution is 5.75. The molecule has 2 bridgehead atoms. The molecule has 6 rings (SSSR count). The van der Waals surface area contributed by atoms with E-state index in [9.17, 15) is 5.11 Å². The molecule has 0 unspecified atom stereocenters. The van der Waals surface area contributed by atoms with Crippen LogP contribution in [0.25, 0.3) is 22.4 Å². The minimum absolute atomic E-state index is 0.0421. The van der Waals surface area contributed by atoms with Crippen LogP contribution in [0, 0.1) is 16.6 Å². The molecular formula is C28H32FN5O2. The van der Waals surface area contributed by atoms with E-state index in [4.69, 9.17) is 4.74 Å². The first-order valence-corrected chi connectivity index (χ1v) is 12.8. The van der Waals surface area contributed by atoms with Gasteiger partial charge in [0.1, 0.15) is 11.6 Å². The molecule has 3 saturated carbocycles. The third-order valence-electron chi connectivity index (χ3n) is 8.39. The third-order valence-corrected chi connectivity index (χ3v) is 8.39. The van der Waals surface area contributed by atoms with E-state index in [1.807, 2.05) is 6.07 Å². The molecule has 188 valence electrons. The highest BCUT2D eigenvalue weighted by atomic mass is 19.1. The number of aromatic hydroxyl groups is 1. The molecule has 3 atom stereocenters. The van der Waals surface area contributed by atoms with Crippen molar-refractivity contribution in [1.82, 2.24) is 20.4 Å². The summed E-state index contributed by atoms with van der Waals surface area (Å²) in [4.78, 5) is 2.49. The summed E-state index contributed by atoms with van der Waals surface area (Å²) in [6.45, 7) is 4.88. The van der Waals surface area contributed by atoms with Gasteiger partial charge >= 0.3 is 0 Å². The Morgan fingerprint density at radius 2 is 1.72 bits per heavy atom. The number of methoxy groups -OCH3 is 1. The predicted octanol–water partition coefficient (Wildman–Crippen LogP) is 5.78. The highest BCUT2D eigenvalue weighted by Crippen LogP contribution is 2.59. The largest absolute Gasteiger partial charge is 0.507 e. The minimum Gasteiger partial charge on any atom is -0.507 e. The number of halogens is 1. The molecule has 1 N–H and O–H groups in total. The number of nitrogens with zero attached hydrogens (tertiary/aromatic N) is 5. The maximum Gasteiger partial charge on any atom is 0.233 e. The van der Waals surface area contributed by atoms with Crippen LogP contribution in [0.2, 0.25) is 0 Å². The number of ether oxygens (including phenoxy) is 1. The molecule has 3 aliphatic carbocycles. The SMILES string of the molecule is COc1cc(-c2cc(O)c(-c3ccc(N(C4CC4)[C@H]4C[C@]5(C)CC[C@](C)(C4)C5)nn3)c(F)c2)cnn1. The fourth-order valence-electron chi connectivity index (χ4n) is 6.80. The summed E-state index contributed by atoms with van der Waals surface area (Å²) in [7, 11) is 1.49. The van der Waals surface area contributed by atoms with E-state index < -0.39 is 5.82 Å². The van der Waals surface area contributed by atoms with E-state index >= 15 is 4.39 Å². The average Bonchev–Trinajstić information content (AvgIpc) is 3.65. The second-order valence-corrected chi connectivity index (χ2v) is 11.6. The van der Waals surface area contributed by atoms with Gasteiger partial charge in [-0.1, -0.05) is 13.8 Å². The Hall–Kier alpha value is -3.29. The van der Waals surface area contributed by atoms with Crippen LogP contribution in [0.5, 0.6) is 11.6 Å². The average molecular weight is 490 g/mol. The quantitative estimate of drug-likeness (QED) is 0.470. The summed E-state index contributed by atoms with van der Waals surface area (Å²) < 4.78 is 20.3. The molecule has 0 saturated heterocycles. The molecule has 0 radical (unpaired) electrons. The topological polar surface area (TPSA) is 84.3 Å². The van der Waals surface area contributed by atoms with Crippen molar-refractivity contribution in [3.05, 3.63) is 42.3 Å². The number of hydrogen-bond acceptors (Lipinski definition) is 7. The monoisotopic (exact) mass is 489 g/mol. The number of benzene rings is 1. The summed E-state index contributed by atoms with van der Waals surface area (Å²) in [5, 5.41) is 27.4. The van der Waals surface area contributed by atoms with Crippen molar-refractivity contribution in [3.63, 3.8) is 0 Å². The number of rotatable bonds is 6. The lowest BCUT2D eigenvalue weighted by Crippen LogP contribution is -2.46. The van der Waals surface area contributed by atoms with Gasteiger partial charge in [0, 0.05) is 23.7 Å². The molecule has 8 heteroatoms. The molecule has 7 nitrogen and oxygen atoms in total. The van der Waals surface area contributed by atoms with E-state index in [-0.39, 0.29) is 11.3 Å². The maximum atomic E-state index is 15.2. The molecule has 36 heavy (non-hydrogen) atoms. The van der Waals surface area contributed by atoms with Gasteiger partial charge in [-0.05, 0) is 85.6 Å². The van der Waals surface area contributed by atoms with Crippen LogP contribution in [0.15, 0.2) is 36.5 Å². The van der Waals surface area contributed by atoms with Crippen LogP contribution in [0.1, 0.15) is 58.8 Å². The lowest BCUT2D eigenvalue weighted by atomic mass is 9.68. The second-order valence-electron chi connectivity index (χ2n) is 11.6. The molecule has 2 heterocycles. The van der Waals surface area contributed by atoms with Crippen LogP contribution in [-0.2, 0) is 0 Å². The van der Waals surface area contributed by atoms with Gasteiger partial charge in [0.15, 0.2) is 5.82 Å². The van der Waals surface area contributed by atoms with Gasteiger partial charge in [-0.2, -0.15) is 5.10 Å². The normalized spacial score (nSPS) is 27.2. The van der Waals surface area contributed by atoms with E-state index in [1.165, 1.54) is 70.4 Å². The van der Waals surface area contributed by atoms with Gasteiger partial charge in [-0.3, -0.25) is 0 Å². The molecule has 3 fully saturated rings. The summed E-state index contributed by atoms with van der Waals surface area (Å²) in [5.41, 5.74) is 2.23. The van der Waals surface area contributed by atoms with E-state index in [1.54, 1.807) is 12.1 Å². The lowest BCUT2D eigenvalue weighted by molar-refractivity contribution is 0.145. The van der Waals surface area contributed by atoms with Gasteiger partial charge < -0.3 is 14.7 Å². The van der Waals surface area contributed by atoms with E-state index in [2.05, 4.69) is 39.1 Å². The summed E-state index contributed by atoms with van der Waals surface area (Å²) >= 11 is 0. The molecular weight excluding hydrogens is 457 g/mol. The summed E-state index contributed by atoms with van der Waals surface area (Å²) in [6.07, 6.45) is 10.2. The molecule has 1 aromatic carbocycles. The zero-order valence-electron chi connectivity index (χ0n) is 21.0. The Morgan fingerprint density at radius 3 is 2.33 bits per heavy atom. The number of anilines is 1. The minimum atomic E-state index is -0.577. The second kappa shape index (κ2) is 8.39. The van der Waals surface area contributed by atoms with Crippen molar-refractivity contribution in [2.45, 2.75) is 70.9 Å². The first kappa shape index (κ1) is 23.1. The summed E-state index contributed by atoms with van der Waals surface area (Å²) in [6, 6.07) is 9.17. The van der Waals surface area contributed by atoms with E-state index in [0.717, 1.165) is 5.82 Å². The number of phenolic OH excluding ortho intramolecular Hbond substituents is 1. The van der Waals surface area contributed by atoms with Crippen molar-refractivity contribution < 1.29 is 14.2 Å². The third kappa shape index (κ3) is 4.16. The smallest absolute Gasteiger partial charge is 0.233 e. The zero-order valence-corrected chi connectivity index (χ0v) is 21.0. The zero-order chi connectivity index (χ0) is 25.1. The molecule has 0 amide bonds. The molecule has 3 aliphatic rings. The summed E-state index contributed by atoms with van der Waals surface area (Å²) in [5.74, 6) is 0.386. The van der Waals surface area contributed by atoms with Crippen LogP contribution >= 0.6 is 0 Å². The Morgan fingerprint density at radius 1 is 0.972 bits per heavy atom. The number of aromatic nitrogens is 4. The number of phenols is 1. The Balaban J connectivity index is 1.29.